The summed E-state index contributed by atoms with van der Waals surface area (Å²) in [5.41, 5.74) is 2.01. The van der Waals surface area contributed by atoms with Crippen LogP contribution < -0.4 is 16.0 Å². The average Bonchev–Trinajstić information content (AvgIpc) is 3.56. The maximum absolute atomic E-state index is 12.5. The van der Waals surface area contributed by atoms with Crippen molar-refractivity contribution in [2.45, 2.75) is 19.0 Å². The molecule has 5 heterocycles. The highest BCUT2D eigenvalue weighted by atomic mass is 16.5. The van der Waals surface area contributed by atoms with Gasteiger partial charge in [-0.05, 0) is 25.0 Å². The number of anilines is 3. The van der Waals surface area contributed by atoms with E-state index in [0.717, 1.165) is 25.9 Å². The number of hydrogen-bond donors (Lipinski definition) is 3. The van der Waals surface area contributed by atoms with Crippen molar-refractivity contribution >= 4 is 28.9 Å². The Morgan fingerprint density at radius 3 is 2.81 bits per heavy atom. The number of amides is 1. The Bertz CT molecular complexity index is 1140. The van der Waals surface area contributed by atoms with Crippen LogP contribution in [-0.2, 0) is 4.74 Å². The van der Waals surface area contributed by atoms with Gasteiger partial charge in [0.25, 0.3) is 5.91 Å². The summed E-state index contributed by atoms with van der Waals surface area (Å²) in [4.78, 5) is 23.1. The standard InChI is InChI=1S/C20H21N9O2/c21-8-14-10-23-19-15(7-17(27-29(14)19)26-18-11-31-12-24-18)25-16-4-3-13(9-22-16)20(30)28-5-1-2-6-28/h3-4,7,9-10,18,24H,1-2,5-6,11-12H2,(H,22,25)(H,26,27). The van der Waals surface area contributed by atoms with Gasteiger partial charge in [-0.15, -0.1) is 5.10 Å². The Kier molecular flexibility index (Phi) is 5.07. The summed E-state index contributed by atoms with van der Waals surface area (Å²) in [6.07, 6.45) is 5.06. The lowest BCUT2D eigenvalue weighted by Crippen LogP contribution is -2.32. The molecule has 31 heavy (non-hydrogen) atoms. The highest BCUT2D eigenvalue weighted by molar-refractivity contribution is 5.94. The van der Waals surface area contributed by atoms with Gasteiger partial charge in [0, 0.05) is 25.4 Å². The van der Waals surface area contributed by atoms with E-state index in [0.29, 0.717) is 47.6 Å². The number of pyridine rings is 1. The van der Waals surface area contributed by atoms with Crippen molar-refractivity contribution in [3.05, 3.63) is 41.9 Å². The Balaban J connectivity index is 1.41. The van der Waals surface area contributed by atoms with Crippen molar-refractivity contribution in [1.29, 1.82) is 5.26 Å². The molecule has 3 N–H and O–H groups in total. The fourth-order valence-corrected chi connectivity index (χ4v) is 3.71. The molecule has 1 unspecified atom stereocenters. The number of rotatable bonds is 5. The molecule has 0 radical (unpaired) electrons. The van der Waals surface area contributed by atoms with Crippen molar-refractivity contribution in [3.63, 3.8) is 0 Å². The highest BCUT2D eigenvalue weighted by Gasteiger charge is 2.20. The van der Waals surface area contributed by atoms with Gasteiger partial charge >= 0.3 is 0 Å². The minimum atomic E-state index is -0.0825. The summed E-state index contributed by atoms with van der Waals surface area (Å²) in [7, 11) is 0. The summed E-state index contributed by atoms with van der Waals surface area (Å²) in [5, 5.41) is 23.5. The van der Waals surface area contributed by atoms with Crippen LogP contribution in [0, 0.1) is 11.3 Å². The zero-order chi connectivity index (χ0) is 21.2. The van der Waals surface area contributed by atoms with Crippen LogP contribution in [0.15, 0.2) is 30.6 Å². The largest absolute Gasteiger partial charge is 0.363 e. The van der Waals surface area contributed by atoms with Gasteiger partial charge in [0.1, 0.15) is 18.1 Å². The average molecular weight is 419 g/mol. The number of carbonyl (C=O) groups is 1. The molecular weight excluding hydrogens is 398 g/mol. The van der Waals surface area contributed by atoms with E-state index in [1.165, 1.54) is 10.7 Å². The van der Waals surface area contributed by atoms with E-state index in [4.69, 9.17) is 4.74 Å². The molecule has 2 aliphatic heterocycles. The van der Waals surface area contributed by atoms with Gasteiger partial charge in [0.2, 0.25) is 0 Å². The van der Waals surface area contributed by atoms with Crippen LogP contribution in [0.1, 0.15) is 28.9 Å². The first-order valence-corrected chi connectivity index (χ1v) is 10.1. The second kappa shape index (κ2) is 8.17. The number of imidazole rings is 1. The van der Waals surface area contributed by atoms with Crippen LogP contribution in [0.3, 0.4) is 0 Å². The van der Waals surface area contributed by atoms with Crippen molar-refractivity contribution in [2.75, 3.05) is 37.1 Å². The van der Waals surface area contributed by atoms with Crippen LogP contribution in [0.5, 0.6) is 0 Å². The Hall–Kier alpha value is -3.75. The molecule has 11 heteroatoms. The maximum atomic E-state index is 12.5. The first-order chi connectivity index (χ1) is 15.2. The zero-order valence-corrected chi connectivity index (χ0v) is 16.7. The SMILES string of the molecule is N#Cc1cnc2c(Nc3ccc(C(=O)N4CCCC4)cn3)cc(NC3COCN3)nn12. The number of hydrogen-bond acceptors (Lipinski definition) is 9. The molecule has 11 nitrogen and oxygen atoms in total. The summed E-state index contributed by atoms with van der Waals surface area (Å²) >= 11 is 0. The van der Waals surface area contributed by atoms with Crippen molar-refractivity contribution < 1.29 is 9.53 Å². The van der Waals surface area contributed by atoms with E-state index >= 15 is 0 Å². The molecule has 2 fully saturated rings. The van der Waals surface area contributed by atoms with Gasteiger partial charge in [-0.1, -0.05) is 0 Å². The molecule has 1 atom stereocenters. The molecule has 3 aromatic rings. The van der Waals surface area contributed by atoms with E-state index in [-0.39, 0.29) is 12.1 Å². The predicted octanol–water partition coefficient (Wildman–Crippen LogP) is 1.29. The molecule has 2 saturated heterocycles. The number of aromatic nitrogens is 4. The lowest BCUT2D eigenvalue weighted by molar-refractivity contribution is 0.0792. The molecule has 1 amide bonds. The first-order valence-electron chi connectivity index (χ1n) is 10.1. The summed E-state index contributed by atoms with van der Waals surface area (Å²) in [6.45, 7) is 2.56. The number of nitrogens with one attached hydrogen (secondary N) is 3. The molecular formula is C20H21N9O2. The first kappa shape index (κ1) is 19.2. The smallest absolute Gasteiger partial charge is 0.255 e. The van der Waals surface area contributed by atoms with Crippen molar-refractivity contribution in [1.82, 2.24) is 29.8 Å². The Morgan fingerprint density at radius 1 is 1.23 bits per heavy atom. The second-order valence-electron chi connectivity index (χ2n) is 7.41. The van der Waals surface area contributed by atoms with Gasteiger partial charge in [0.15, 0.2) is 17.2 Å². The zero-order valence-electron chi connectivity index (χ0n) is 16.7. The maximum Gasteiger partial charge on any atom is 0.255 e. The normalized spacial score (nSPS) is 18.3. The number of fused-ring (bicyclic) bond motifs is 1. The number of carbonyl (C=O) groups excluding carboxylic acids is 1. The fourth-order valence-electron chi connectivity index (χ4n) is 3.71. The molecule has 0 aromatic carbocycles. The Labute approximate surface area is 178 Å². The van der Waals surface area contributed by atoms with E-state index in [9.17, 15) is 10.1 Å². The van der Waals surface area contributed by atoms with Crippen molar-refractivity contribution in [3.8, 4) is 6.07 Å². The van der Waals surface area contributed by atoms with Gasteiger partial charge in [-0.2, -0.15) is 9.78 Å². The molecule has 0 aliphatic carbocycles. The van der Waals surface area contributed by atoms with Crippen LogP contribution in [0.2, 0.25) is 0 Å². The van der Waals surface area contributed by atoms with Gasteiger partial charge in [-0.25, -0.2) is 9.97 Å². The lowest BCUT2D eigenvalue weighted by Gasteiger charge is -2.16. The third-order valence-corrected chi connectivity index (χ3v) is 5.29. The molecule has 158 valence electrons. The van der Waals surface area contributed by atoms with E-state index in [1.807, 2.05) is 4.90 Å². The van der Waals surface area contributed by atoms with Crippen LogP contribution >= 0.6 is 0 Å². The number of ether oxygens (including phenoxy) is 1. The van der Waals surface area contributed by atoms with Crippen LogP contribution in [-0.4, -0.2) is 63.0 Å². The monoisotopic (exact) mass is 419 g/mol. The van der Waals surface area contributed by atoms with Gasteiger partial charge < -0.3 is 20.3 Å². The topological polar surface area (TPSA) is 132 Å². The van der Waals surface area contributed by atoms with E-state index in [1.54, 1.807) is 24.4 Å². The Morgan fingerprint density at radius 2 is 2.10 bits per heavy atom. The van der Waals surface area contributed by atoms with E-state index in [2.05, 4.69) is 37.1 Å². The third kappa shape index (κ3) is 3.86. The number of nitrogens with zero attached hydrogens (tertiary/aromatic N) is 6. The fraction of sp³-hybridized carbons (Fsp3) is 0.350. The van der Waals surface area contributed by atoms with Crippen LogP contribution in [0.25, 0.3) is 5.65 Å². The number of nitriles is 1. The summed E-state index contributed by atoms with van der Waals surface area (Å²) in [6, 6.07) is 7.41. The third-order valence-electron chi connectivity index (χ3n) is 5.29. The minimum Gasteiger partial charge on any atom is -0.363 e. The minimum absolute atomic E-state index is 0.00698. The molecule has 0 saturated carbocycles. The quantitative estimate of drug-likeness (QED) is 0.559. The lowest BCUT2D eigenvalue weighted by atomic mass is 10.2. The molecule has 2 aliphatic rings. The summed E-state index contributed by atoms with van der Waals surface area (Å²) in [5.74, 6) is 1.11. The molecule has 0 bridgehead atoms. The van der Waals surface area contributed by atoms with Gasteiger partial charge in [-0.3, -0.25) is 10.1 Å². The van der Waals surface area contributed by atoms with Gasteiger partial charge in [0.05, 0.1) is 30.8 Å². The molecule has 0 spiro atoms. The summed E-state index contributed by atoms with van der Waals surface area (Å²) < 4.78 is 6.79. The number of likely N-dealkylation sites (tertiary alicyclic amines) is 1. The highest BCUT2D eigenvalue weighted by Crippen LogP contribution is 2.24. The van der Waals surface area contributed by atoms with Crippen molar-refractivity contribution in [2.24, 2.45) is 0 Å². The molecule has 5 rings (SSSR count). The second-order valence-corrected chi connectivity index (χ2v) is 7.41. The van der Waals surface area contributed by atoms with Crippen LogP contribution in [0.4, 0.5) is 17.3 Å². The molecule has 3 aromatic heterocycles. The predicted molar refractivity (Wildman–Crippen MR) is 112 cm³/mol. The van der Waals surface area contributed by atoms with E-state index < -0.39 is 0 Å².